The number of nitrogens with zero attached hydrogens (tertiary/aromatic N) is 2. The van der Waals surface area contributed by atoms with E-state index in [9.17, 15) is 4.39 Å². The van der Waals surface area contributed by atoms with E-state index in [0.717, 1.165) is 22.4 Å². The first kappa shape index (κ1) is 14.6. The van der Waals surface area contributed by atoms with Gasteiger partial charge < -0.3 is 5.32 Å². The fourth-order valence-corrected chi connectivity index (χ4v) is 3.50. The molecular weight excluding hydrogens is 305 g/mol. The van der Waals surface area contributed by atoms with Crippen molar-refractivity contribution < 1.29 is 4.39 Å². The molecule has 7 heteroatoms. The Kier molecular flexibility index (Phi) is 5.42. The number of halogens is 2. The van der Waals surface area contributed by atoms with E-state index in [1.807, 2.05) is 0 Å². The summed E-state index contributed by atoms with van der Waals surface area (Å²) in [4.78, 5) is 0. The van der Waals surface area contributed by atoms with Crippen LogP contribution in [-0.4, -0.2) is 16.7 Å². The Morgan fingerprint density at radius 2 is 2.26 bits per heavy atom. The highest BCUT2D eigenvalue weighted by Crippen LogP contribution is 2.31. The first-order chi connectivity index (χ1) is 9.20. The van der Waals surface area contributed by atoms with Crippen molar-refractivity contribution in [3.63, 3.8) is 0 Å². The molecule has 1 heterocycles. The normalized spacial score (nSPS) is 10.7. The van der Waals surface area contributed by atoms with Crippen LogP contribution >= 0.6 is 34.7 Å². The zero-order chi connectivity index (χ0) is 13.7. The molecule has 1 aromatic carbocycles. The predicted molar refractivity (Wildman–Crippen MR) is 79.7 cm³/mol. The van der Waals surface area contributed by atoms with Gasteiger partial charge in [-0.25, -0.2) is 4.39 Å². The van der Waals surface area contributed by atoms with Crippen LogP contribution in [0, 0.1) is 5.82 Å². The van der Waals surface area contributed by atoms with Crippen molar-refractivity contribution in [1.82, 2.24) is 10.2 Å². The van der Waals surface area contributed by atoms with E-state index in [0.29, 0.717) is 16.3 Å². The molecule has 0 saturated heterocycles. The van der Waals surface area contributed by atoms with E-state index in [1.165, 1.54) is 29.2 Å². The molecule has 3 nitrogen and oxygen atoms in total. The van der Waals surface area contributed by atoms with Gasteiger partial charge >= 0.3 is 0 Å². The summed E-state index contributed by atoms with van der Waals surface area (Å²) in [7, 11) is 0. The molecule has 0 saturated carbocycles. The Morgan fingerprint density at radius 3 is 3.00 bits per heavy atom. The number of hydrogen-bond acceptors (Lipinski definition) is 5. The van der Waals surface area contributed by atoms with Gasteiger partial charge in [0.15, 0.2) is 4.34 Å². The lowest BCUT2D eigenvalue weighted by molar-refractivity contribution is 0.617. The summed E-state index contributed by atoms with van der Waals surface area (Å²) in [6, 6.07) is 4.70. The van der Waals surface area contributed by atoms with Crippen LogP contribution in [-0.2, 0) is 5.75 Å². The lowest BCUT2D eigenvalue weighted by Crippen LogP contribution is -1.98. The van der Waals surface area contributed by atoms with Gasteiger partial charge in [0.05, 0.1) is 0 Å². The first-order valence-electron chi connectivity index (χ1n) is 5.83. The van der Waals surface area contributed by atoms with Crippen molar-refractivity contribution in [2.24, 2.45) is 0 Å². The Labute approximate surface area is 124 Å². The zero-order valence-electron chi connectivity index (χ0n) is 10.3. The third kappa shape index (κ3) is 4.06. The standard InChI is InChI=1S/C12H13ClFN3S2/c1-2-6-15-11-16-17-12(19-11)18-7-8-9(13)4-3-5-10(8)14/h3-5H,2,6-7H2,1H3,(H,15,16). The summed E-state index contributed by atoms with van der Waals surface area (Å²) in [5, 5.41) is 12.5. The molecule has 0 bridgehead atoms. The molecule has 0 aliphatic rings. The van der Waals surface area contributed by atoms with Gasteiger partial charge in [0.1, 0.15) is 5.82 Å². The number of hydrogen-bond donors (Lipinski definition) is 1. The second-order valence-corrected chi connectivity index (χ2v) is 6.40. The molecule has 0 aliphatic carbocycles. The van der Waals surface area contributed by atoms with Gasteiger partial charge in [0.2, 0.25) is 5.13 Å². The molecule has 0 fully saturated rings. The summed E-state index contributed by atoms with van der Waals surface area (Å²) in [6.45, 7) is 2.96. The van der Waals surface area contributed by atoms with Gasteiger partial charge in [0.25, 0.3) is 0 Å². The second kappa shape index (κ2) is 7.07. The van der Waals surface area contributed by atoms with Crippen LogP contribution in [0.5, 0.6) is 0 Å². The molecule has 0 atom stereocenters. The molecule has 102 valence electrons. The summed E-state index contributed by atoms with van der Waals surface area (Å²) in [6.07, 6.45) is 1.03. The number of benzene rings is 1. The number of nitrogens with one attached hydrogen (secondary N) is 1. The van der Waals surface area contributed by atoms with E-state index < -0.39 is 0 Å². The molecule has 2 aromatic rings. The van der Waals surface area contributed by atoms with E-state index >= 15 is 0 Å². The van der Waals surface area contributed by atoms with Crippen LogP contribution in [0.2, 0.25) is 5.02 Å². The third-order valence-corrected chi connectivity index (χ3v) is 4.73. The number of thioether (sulfide) groups is 1. The van der Waals surface area contributed by atoms with Crippen molar-refractivity contribution in [2.75, 3.05) is 11.9 Å². The smallest absolute Gasteiger partial charge is 0.206 e. The third-order valence-electron chi connectivity index (χ3n) is 2.33. The highest BCUT2D eigenvalue weighted by molar-refractivity contribution is 8.00. The highest BCUT2D eigenvalue weighted by atomic mass is 35.5. The van der Waals surface area contributed by atoms with Crippen molar-refractivity contribution in [1.29, 1.82) is 0 Å². The monoisotopic (exact) mass is 317 g/mol. The SMILES string of the molecule is CCCNc1nnc(SCc2c(F)cccc2Cl)s1. The minimum Gasteiger partial charge on any atom is -0.360 e. The molecule has 1 N–H and O–H groups in total. The van der Waals surface area contributed by atoms with Crippen LogP contribution in [0.4, 0.5) is 9.52 Å². The number of aromatic nitrogens is 2. The molecular formula is C12H13ClFN3S2. The lowest BCUT2D eigenvalue weighted by atomic mass is 10.2. The van der Waals surface area contributed by atoms with Gasteiger partial charge in [-0.15, -0.1) is 10.2 Å². The lowest BCUT2D eigenvalue weighted by Gasteiger charge is -2.03. The van der Waals surface area contributed by atoms with Crippen LogP contribution < -0.4 is 5.32 Å². The first-order valence-corrected chi connectivity index (χ1v) is 8.01. The molecule has 0 unspecified atom stereocenters. The quantitative estimate of drug-likeness (QED) is 0.799. The summed E-state index contributed by atoms with van der Waals surface area (Å²) < 4.78 is 14.4. The summed E-state index contributed by atoms with van der Waals surface area (Å²) >= 11 is 8.88. The van der Waals surface area contributed by atoms with Gasteiger partial charge in [-0.2, -0.15) is 0 Å². The van der Waals surface area contributed by atoms with Crippen LogP contribution in [0.3, 0.4) is 0 Å². The highest BCUT2D eigenvalue weighted by Gasteiger charge is 2.10. The number of anilines is 1. The van der Waals surface area contributed by atoms with Crippen molar-refractivity contribution in [3.05, 3.63) is 34.6 Å². The average molecular weight is 318 g/mol. The zero-order valence-corrected chi connectivity index (χ0v) is 12.7. The maximum atomic E-state index is 13.6. The van der Waals surface area contributed by atoms with E-state index in [-0.39, 0.29) is 5.82 Å². The molecule has 0 radical (unpaired) electrons. The molecule has 19 heavy (non-hydrogen) atoms. The van der Waals surface area contributed by atoms with Crippen molar-refractivity contribution in [2.45, 2.75) is 23.4 Å². The van der Waals surface area contributed by atoms with Gasteiger partial charge in [-0.3, -0.25) is 0 Å². The molecule has 0 aliphatic heterocycles. The van der Waals surface area contributed by atoms with E-state index in [4.69, 9.17) is 11.6 Å². The topological polar surface area (TPSA) is 37.8 Å². The largest absolute Gasteiger partial charge is 0.360 e. The Bertz CT molecular complexity index is 527. The molecule has 0 amide bonds. The maximum absolute atomic E-state index is 13.6. The van der Waals surface area contributed by atoms with Crippen LogP contribution in [0.1, 0.15) is 18.9 Å². The molecule has 1 aromatic heterocycles. The van der Waals surface area contributed by atoms with Crippen LogP contribution in [0.15, 0.2) is 22.5 Å². The van der Waals surface area contributed by atoms with E-state index in [1.54, 1.807) is 12.1 Å². The fourth-order valence-electron chi connectivity index (χ4n) is 1.38. The Hall–Kier alpha value is -0.850. The van der Waals surface area contributed by atoms with Gasteiger partial charge in [-0.05, 0) is 18.6 Å². The van der Waals surface area contributed by atoms with Gasteiger partial charge in [-0.1, -0.05) is 47.7 Å². The van der Waals surface area contributed by atoms with Crippen molar-refractivity contribution >= 4 is 39.8 Å². The Balaban J connectivity index is 1.97. The maximum Gasteiger partial charge on any atom is 0.206 e. The number of rotatable bonds is 6. The molecule has 0 spiro atoms. The predicted octanol–water partition coefficient (Wildman–Crippen LogP) is 4.44. The van der Waals surface area contributed by atoms with Gasteiger partial charge in [0, 0.05) is 22.9 Å². The average Bonchev–Trinajstić information content (AvgIpc) is 2.84. The van der Waals surface area contributed by atoms with E-state index in [2.05, 4.69) is 22.4 Å². The minimum atomic E-state index is -0.283. The fraction of sp³-hybridized carbons (Fsp3) is 0.333. The second-order valence-electron chi connectivity index (χ2n) is 3.79. The summed E-state index contributed by atoms with van der Waals surface area (Å²) in [5.41, 5.74) is 0.507. The summed E-state index contributed by atoms with van der Waals surface area (Å²) in [5.74, 6) is 0.169. The van der Waals surface area contributed by atoms with Crippen LogP contribution in [0.25, 0.3) is 0 Å². The minimum absolute atomic E-state index is 0.283. The molecule has 2 rings (SSSR count). The van der Waals surface area contributed by atoms with Crippen molar-refractivity contribution in [3.8, 4) is 0 Å². The Morgan fingerprint density at radius 1 is 1.42 bits per heavy atom.